The fraction of sp³-hybridized carbons (Fsp3) is 0.417. The lowest BCUT2D eigenvalue weighted by Gasteiger charge is -2.18. The van der Waals surface area contributed by atoms with Crippen LogP contribution in [0.4, 0.5) is 5.69 Å². The van der Waals surface area contributed by atoms with E-state index in [0.717, 1.165) is 28.7 Å². The van der Waals surface area contributed by atoms with Crippen molar-refractivity contribution in [3.63, 3.8) is 0 Å². The van der Waals surface area contributed by atoms with Gasteiger partial charge >= 0.3 is 0 Å². The lowest BCUT2D eigenvalue weighted by atomic mass is 9.98. The predicted molar refractivity (Wildman–Crippen MR) is 69.3 cm³/mol. The Morgan fingerprint density at radius 2 is 1.93 bits per heavy atom. The summed E-state index contributed by atoms with van der Waals surface area (Å²) in [6, 6.07) is 8.03. The van der Waals surface area contributed by atoms with Crippen LogP contribution in [0.1, 0.15) is 25.7 Å². The Labute approximate surface area is 104 Å². The van der Waals surface area contributed by atoms with Gasteiger partial charge in [0.05, 0.1) is 11.1 Å². The summed E-state index contributed by atoms with van der Waals surface area (Å²) in [6.07, 6.45) is 4.56. The highest BCUT2D eigenvalue weighted by Gasteiger charge is 2.17. The lowest BCUT2D eigenvalue weighted by Crippen LogP contribution is -2.18. The van der Waals surface area contributed by atoms with Crippen LogP contribution in [-0.2, 0) is 0 Å². The van der Waals surface area contributed by atoms with E-state index in [1.54, 1.807) is 0 Å². The standard InChI is InChI=1S/C12H13BrClN/c13-9-5-7-10(8-6-9)15-12-4-2-1-3-11(12)14/h5-8,11H,1-4H2. The topological polar surface area (TPSA) is 12.4 Å². The molecule has 80 valence electrons. The van der Waals surface area contributed by atoms with Crippen LogP contribution >= 0.6 is 27.5 Å². The van der Waals surface area contributed by atoms with Crippen LogP contribution in [0, 0.1) is 0 Å². The van der Waals surface area contributed by atoms with E-state index in [-0.39, 0.29) is 5.38 Å². The molecule has 0 aromatic heterocycles. The zero-order chi connectivity index (χ0) is 10.7. The van der Waals surface area contributed by atoms with Crippen LogP contribution in [0.5, 0.6) is 0 Å². The van der Waals surface area contributed by atoms with Crippen molar-refractivity contribution in [3.8, 4) is 0 Å². The summed E-state index contributed by atoms with van der Waals surface area (Å²) in [6.45, 7) is 0. The molecular formula is C12H13BrClN. The van der Waals surface area contributed by atoms with Gasteiger partial charge < -0.3 is 0 Å². The fourth-order valence-corrected chi connectivity index (χ4v) is 2.34. The number of rotatable bonds is 1. The van der Waals surface area contributed by atoms with E-state index in [1.165, 1.54) is 12.8 Å². The van der Waals surface area contributed by atoms with Crippen molar-refractivity contribution < 1.29 is 0 Å². The summed E-state index contributed by atoms with van der Waals surface area (Å²) in [4.78, 5) is 4.60. The molecule has 0 heterocycles. The third kappa shape index (κ3) is 3.05. The van der Waals surface area contributed by atoms with Crippen LogP contribution in [0.15, 0.2) is 33.7 Å². The van der Waals surface area contributed by atoms with E-state index in [2.05, 4.69) is 20.9 Å². The second kappa shape index (κ2) is 5.13. The smallest absolute Gasteiger partial charge is 0.0718 e. The van der Waals surface area contributed by atoms with E-state index in [4.69, 9.17) is 11.6 Å². The number of hydrogen-bond donors (Lipinski definition) is 0. The Balaban J connectivity index is 2.17. The van der Waals surface area contributed by atoms with Gasteiger partial charge in [-0.1, -0.05) is 22.4 Å². The molecule has 1 aliphatic carbocycles. The minimum absolute atomic E-state index is 0.141. The molecule has 1 aromatic carbocycles. The van der Waals surface area contributed by atoms with Crippen LogP contribution in [0.2, 0.25) is 0 Å². The van der Waals surface area contributed by atoms with Gasteiger partial charge in [-0.25, -0.2) is 0 Å². The SMILES string of the molecule is ClC1CCCCC1=Nc1ccc(Br)cc1. The van der Waals surface area contributed by atoms with Gasteiger partial charge in [0.25, 0.3) is 0 Å². The first-order valence-corrected chi connectivity index (χ1v) is 6.46. The van der Waals surface area contributed by atoms with Crippen molar-refractivity contribution in [1.82, 2.24) is 0 Å². The van der Waals surface area contributed by atoms with Gasteiger partial charge in [-0.15, -0.1) is 11.6 Å². The molecule has 3 heteroatoms. The van der Waals surface area contributed by atoms with Crippen LogP contribution < -0.4 is 0 Å². The number of hydrogen-bond acceptors (Lipinski definition) is 1. The maximum Gasteiger partial charge on any atom is 0.0718 e. The molecule has 1 aromatic rings. The van der Waals surface area contributed by atoms with Crippen molar-refractivity contribution in [2.45, 2.75) is 31.1 Å². The number of halogens is 2. The van der Waals surface area contributed by atoms with Crippen LogP contribution in [-0.4, -0.2) is 11.1 Å². The average molecular weight is 287 g/mol. The molecule has 1 saturated carbocycles. The summed E-state index contributed by atoms with van der Waals surface area (Å²) >= 11 is 9.63. The molecule has 1 aliphatic rings. The van der Waals surface area contributed by atoms with Gasteiger partial charge in [0.2, 0.25) is 0 Å². The normalized spacial score (nSPS) is 24.4. The van der Waals surface area contributed by atoms with Crippen molar-refractivity contribution in [2.75, 3.05) is 0 Å². The average Bonchev–Trinajstić information content (AvgIpc) is 2.25. The molecule has 0 saturated heterocycles. The van der Waals surface area contributed by atoms with E-state index in [1.807, 2.05) is 24.3 Å². The summed E-state index contributed by atoms with van der Waals surface area (Å²) in [5.41, 5.74) is 2.14. The van der Waals surface area contributed by atoms with Crippen molar-refractivity contribution in [3.05, 3.63) is 28.7 Å². The Bertz CT molecular complexity index is 358. The third-order valence-corrected chi connectivity index (χ3v) is 3.60. The van der Waals surface area contributed by atoms with Gasteiger partial charge in [0.1, 0.15) is 0 Å². The predicted octanol–water partition coefficient (Wildman–Crippen LogP) is 4.70. The van der Waals surface area contributed by atoms with Crippen molar-refractivity contribution >= 4 is 38.9 Å². The number of aliphatic imine (C=N–C) groups is 1. The van der Waals surface area contributed by atoms with Gasteiger partial charge in [-0.3, -0.25) is 4.99 Å². The molecule has 0 radical (unpaired) electrons. The van der Waals surface area contributed by atoms with E-state index >= 15 is 0 Å². The quantitative estimate of drug-likeness (QED) is 0.663. The Morgan fingerprint density at radius 1 is 1.20 bits per heavy atom. The molecule has 1 nitrogen and oxygen atoms in total. The van der Waals surface area contributed by atoms with Crippen molar-refractivity contribution in [2.24, 2.45) is 4.99 Å². The molecule has 1 fully saturated rings. The molecule has 2 rings (SSSR count). The lowest BCUT2D eigenvalue weighted by molar-refractivity contribution is 0.671. The number of benzene rings is 1. The number of alkyl halides is 1. The first kappa shape index (κ1) is 11.2. The Morgan fingerprint density at radius 3 is 2.60 bits per heavy atom. The molecular weight excluding hydrogens is 273 g/mol. The first-order chi connectivity index (χ1) is 7.25. The number of nitrogens with zero attached hydrogens (tertiary/aromatic N) is 1. The minimum atomic E-state index is 0.141. The summed E-state index contributed by atoms with van der Waals surface area (Å²) < 4.78 is 1.08. The van der Waals surface area contributed by atoms with Gasteiger partial charge in [-0.05, 0) is 43.5 Å². The molecule has 0 spiro atoms. The highest BCUT2D eigenvalue weighted by atomic mass is 79.9. The van der Waals surface area contributed by atoms with E-state index < -0.39 is 0 Å². The first-order valence-electron chi connectivity index (χ1n) is 5.23. The fourth-order valence-electron chi connectivity index (χ4n) is 1.76. The van der Waals surface area contributed by atoms with Crippen LogP contribution in [0.25, 0.3) is 0 Å². The minimum Gasteiger partial charge on any atom is -0.256 e. The largest absolute Gasteiger partial charge is 0.256 e. The maximum atomic E-state index is 6.22. The zero-order valence-electron chi connectivity index (χ0n) is 8.42. The van der Waals surface area contributed by atoms with E-state index in [9.17, 15) is 0 Å². The monoisotopic (exact) mass is 285 g/mol. The zero-order valence-corrected chi connectivity index (χ0v) is 10.8. The van der Waals surface area contributed by atoms with Gasteiger partial charge in [-0.2, -0.15) is 0 Å². The highest BCUT2D eigenvalue weighted by molar-refractivity contribution is 9.10. The molecule has 15 heavy (non-hydrogen) atoms. The third-order valence-electron chi connectivity index (χ3n) is 2.60. The molecule has 0 amide bonds. The summed E-state index contributed by atoms with van der Waals surface area (Å²) in [5, 5.41) is 0.141. The Hall–Kier alpha value is -0.340. The van der Waals surface area contributed by atoms with Gasteiger partial charge in [0, 0.05) is 10.2 Å². The maximum absolute atomic E-state index is 6.22. The molecule has 0 N–H and O–H groups in total. The van der Waals surface area contributed by atoms with Crippen molar-refractivity contribution in [1.29, 1.82) is 0 Å². The highest BCUT2D eigenvalue weighted by Crippen LogP contribution is 2.24. The summed E-state index contributed by atoms with van der Waals surface area (Å²) in [5.74, 6) is 0. The molecule has 1 unspecified atom stereocenters. The second-order valence-corrected chi connectivity index (χ2v) is 5.24. The molecule has 0 aliphatic heterocycles. The molecule has 0 bridgehead atoms. The molecule has 1 atom stereocenters. The summed E-state index contributed by atoms with van der Waals surface area (Å²) in [7, 11) is 0. The van der Waals surface area contributed by atoms with E-state index in [0.29, 0.717) is 0 Å². The van der Waals surface area contributed by atoms with Gasteiger partial charge in [0.15, 0.2) is 0 Å². The second-order valence-electron chi connectivity index (χ2n) is 3.79. The van der Waals surface area contributed by atoms with Crippen LogP contribution in [0.3, 0.4) is 0 Å². The Kier molecular flexibility index (Phi) is 3.81.